The zero-order valence-corrected chi connectivity index (χ0v) is 17.6. The second kappa shape index (κ2) is 7.88. The molecule has 2 aromatic rings. The smallest absolute Gasteiger partial charge is 0.160 e. The number of fused-ring (bicyclic) bond motifs is 1. The number of hydrogen-bond acceptors (Lipinski definition) is 7. The molecule has 3 atom stereocenters. The van der Waals surface area contributed by atoms with E-state index in [4.69, 9.17) is 14.5 Å². The summed E-state index contributed by atoms with van der Waals surface area (Å²) >= 11 is 1.86. The average molecular weight is 411 g/mol. The van der Waals surface area contributed by atoms with Crippen LogP contribution in [0.2, 0.25) is 0 Å². The van der Waals surface area contributed by atoms with Crippen LogP contribution in [0.1, 0.15) is 30.3 Å². The molecule has 2 saturated heterocycles. The molecule has 1 aromatic carbocycles. The molecule has 0 unspecified atom stereocenters. The van der Waals surface area contributed by atoms with E-state index in [0.717, 1.165) is 55.1 Å². The van der Waals surface area contributed by atoms with Crippen molar-refractivity contribution in [2.45, 2.75) is 24.3 Å². The zero-order valence-electron chi connectivity index (χ0n) is 16.8. The molecule has 7 heteroatoms. The fourth-order valence-corrected chi connectivity index (χ4v) is 5.51. The highest BCUT2D eigenvalue weighted by molar-refractivity contribution is 8.14. The number of ether oxygens (including phenoxy) is 2. The highest BCUT2D eigenvalue weighted by atomic mass is 32.2. The van der Waals surface area contributed by atoms with Gasteiger partial charge in [-0.05, 0) is 29.8 Å². The number of benzene rings is 1. The fourth-order valence-electron chi connectivity index (χ4n) is 4.42. The molecule has 0 radical (unpaired) electrons. The van der Waals surface area contributed by atoms with E-state index in [9.17, 15) is 0 Å². The third-order valence-electron chi connectivity index (χ3n) is 5.78. The summed E-state index contributed by atoms with van der Waals surface area (Å²) in [4.78, 5) is 14.5. The van der Waals surface area contributed by atoms with Crippen molar-refractivity contribution in [1.29, 1.82) is 0 Å². The van der Waals surface area contributed by atoms with Gasteiger partial charge in [-0.2, -0.15) is 0 Å². The first-order valence-electron chi connectivity index (χ1n) is 10.2. The molecule has 4 heterocycles. The number of anilines is 1. The van der Waals surface area contributed by atoms with Gasteiger partial charge in [-0.3, -0.25) is 9.98 Å². The number of hydrogen-bond donors (Lipinski definition) is 0. The molecule has 3 aliphatic rings. The van der Waals surface area contributed by atoms with Crippen LogP contribution in [0.4, 0.5) is 5.69 Å². The zero-order chi connectivity index (χ0) is 19.8. The van der Waals surface area contributed by atoms with Crippen LogP contribution in [0.5, 0.6) is 5.75 Å². The van der Waals surface area contributed by atoms with Gasteiger partial charge >= 0.3 is 0 Å². The Labute approximate surface area is 175 Å². The lowest BCUT2D eigenvalue weighted by Gasteiger charge is -2.32. The van der Waals surface area contributed by atoms with Crippen LogP contribution < -0.4 is 9.64 Å². The van der Waals surface area contributed by atoms with Crippen molar-refractivity contribution in [3.63, 3.8) is 0 Å². The van der Waals surface area contributed by atoms with Crippen molar-refractivity contribution in [2.24, 2.45) is 4.99 Å². The Bertz CT molecular complexity index is 901. The number of methoxy groups -OCH3 is 1. The maximum absolute atomic E-state index is 5.81. The molecule has 0 spiro atoms. The van der Waals surface area contributed by atoms with Gasteiger partial charge in [-0.1, -0.05) is 30.8 Å². The predicted octanol–water partition coefficient (Wildman–Crippen LogP) is 3.52. The molecule has 3 aliphatic heterocycles. The number of nitrogens with zero attached hydrogens (tertiary/aromatic N) is 4. The molecule has 0 aliphatic carbocycles. The monoisotopic (exact) mass is 410 g/mol. The van der Waals surface area contributed by atoms with Crippen molar-refractivity contribution in [1.82, 2.24) is 9.88 Å². The van der Waals surface area contributed by atoms with E-state index < -0.39 is 0 Å². The Morgan fingerprint density at radius 1 is 1.17 bits per heavy atom. The van der Waals surface area contributed by atoms with Gasteiger partial charge < -0.3 is 19.3 Å². The van der Waals surface area contributed by atoms with Crippen LogP contribution >= 0.6 is 11.8 Å². The van der Waals surface area contributed by atoms with Gasteiger partial charge in [-0.25, -0.2) is 0 Å². The van der Waals surface area contributed by atoms with Crippen LogP contribution in [0.3, 0.4) is 0 Å². The lowest BCUT2D eigenvalue weighted by molar-refractivity contribution is 0.122. The van der Waals surface area contributed by atoms with Gasteiger partial charge in [0.05, 0.1) is 37.7 Å². The largest absolute Gasteiger partial charge is 0.495 e. The lowest BCUT2D eigenvalue weighted by Crippen LogP contribution is -2.36. The third-order valence-corrected chi connectivity index (χ3v) is 6.88. The number of pyridine rings is 1. The minimum absolute atomic E-state index is 0.00476. The van der Waals surface area contributed by atoms with Gasteiger partial charge in [-0.15, -0.1) is 0 Å². The van der Waals surface area contributed by atoms with Crippen LogP contribution in [-0.4, -0.2) is 60.3 Å². The minimum Gasteiger partial charge on any atom is -0.495 e. The molecule has 0 N–H and O–H groups in total. The molecule has 29 heavy (non-hydrogen) atoms. The van der Waals surface area contributed by atoms with Gasteiger partial charge in [0.2, 0.25) is 0 Å². The summed E-state index contributed by atoms with van der Waals surface area (Å²) in [7, 11) is 1.75. The lowest BCUT2D eigenvalue weighted by atomic mass is 9.95. The summed E-state index contributed by atoms with van der Waals surface area (Å²) < 4.78 is 11.3. The number of rotatable bonds is 4. The maximum atomic E-state index is 5.81. The van der Waals surface area contributed by atoms with Crippen molar-refractivity contribution in [3.05, 3.63) is 53.9 Å². The number of amidine groups is 1. The van der Waals surface area contributed by atoms with Crippen molar-refractivity contribution < 1.29 is 9.47 Å². The SMILES string of the molecule is COc1cc([C@@H]2[C@@H](c3ccccn3)N=C3S[C@H](C)CN32)ccc1N1CCOCC1. The summed E-state index contributed by atoms with van der Waals surface area (Å²) in [5.74, 6) is 0.914. The van der Waals surface area contributed by atoms with E-state index in [-0.39, 0.29) is 12.1 Å². The van der Waals surface area contributed by atoms with E-state index in [1.54, 1.807) is 7.11 Å². The second-order valence-corrected chi connectivity index (χ2v) is 9.07. The molecule has 0 amide bonds. The molecule has 0 bridgehead atoms. The summed E-state index contributed by atoms with van der Waals surface area (Å²) in [6.45, 7) is 6.57. The van der Waals surface area contributed by atoms with Crippen LogP contribution in [-0.2, 0) is 4.74 Å². The molecule has 152 valence electrons. The number of aromatic nitrogens is 1. The van der Waals surface area contributed by atoms with Gasteiger partial charge in [0.1, 0.15) is 11.8 Å². The average Bonchev–Trinajstić information content (AvgIpc) is 3.30. The van der Waals surface area contributed by atoms with E-state index in [0.29, 0.717) is 5.25 Å². The summed E-state index contributed by atoms with van der Waals surface area (Å²) in [6, 6.07) is 12.9. The first-order chi connectivity index (χ1) is 14.2. The van der Waals surface area contributed by atoms with Crippen LogP contribution in [0, 0.1) is 0 Å². The minimum atomic E-state index is 0.00476. The summed E-state index contributed by atoms with van der Waals surface area (Å²) in [6.07, 6.45) is 1.86. The Hall–Kier alpha value is -2.25. The maximum Gasteiger partial charge on any atom is 0.160 e. The normalized spacial score (nSPS) is 26.4. The molecule has 1 aromatic heterocycles. The van der Waals surface area contributed by atoms with Gasteiger partial charge in [0.25, 0.3) is 0 Å². The summed E-state index contributed by atoms with van der Waals surface area (Å²) in [5, 5.41) is 1.69. The molecular formula is C22H26N4O2S. The molecule has 5 rings (SSSR count). The quantitative estimate of drug-likeness (QED) is 0.769. The fraction of sp³-hybridized carbons (Fsp3) is 0.455. The van der Waals surface area contributed by atoms with Crippen molar-refractivity contribution >= 4 is 22.6 Å². The first-order valence-corrected chi connectivity index (χ1v) is 11.0. The number of aliphatic imine (C=N–C) groups is 1. The standard InChI is InChI=1S/C22H26N4O2S/c1-15-14-26-21(20(24-22(26)29-15)17-5-3-4-8-23-17)16-6-7-18(19(13-16)27-2)25-9-11-28-12-10-25/h3-8,13,15,20-21H,9-12,14H2,1-2H3/t15-,20-,21-/m1/s1. The number of morpholine rings is 1. The number of thioether (sulfide) groups is 1. The highest BCUT2D eigenvalue weighted by Gasteiger charge is 2.43. The third kappa shape index (κ3) is 3.46. The van der Waals surface area contributed by atoms with Crippen molar-refractivity contribution in [3.8, 4) is 5.75 Å². The second-order valence-electron chi connectivity index (χ2n) is 7.67. The van der Waals surface area contributed by atoms with Crippen molar-refractivity contribution in [2.75, 3.05) is 44.9 Å². The Morgan fingerprint density at radius 2 is 2.03 bits per heavy atom. The molecule has 2 fully saturated rings. The van der Waals surface area contributed by atoms with Crippen LogP contribution in [0.25, 0.3) is 0 Å². The highest BCUT2D eigenvalue weighted by Crippen LogP contribution is 2.48. The Balaban J connectivity index is 1.52. The predicted molar refractivity (Wildman–Crippen MR) is 117 cm³/mol. The van der Waals surface area contributed by atoms with Gasteiger partial charge in [0, 0.05) is 31.1 Å². The van der Waals surface area contributed by atoms with E-state index in [1.165, 1.54) is 5.56 Å². The Kier molecular flexibility index (Phi) is 5.09. The molecule has 0 saturated carbocycles. The van der Waals surface area contributed by atoms with Crippen LogP contribution in [0.15, 0.2) is 47.6 Å². The Morgan fingerprint density at radius 3 is 2.79 bits per heavy atom. The van der Waals surface area contributed by atoms with E-state index in [1.807, 2.05) is 30.1 Å². The van der Waals surface area contributed by atoms with Gasteiger partial charge in [0.15, 0.2) is 5.17 Å². The summed E-state index contributed by atoms with van der Waals surface area (Å²) in [5.41, 5.74) is 3.38. The molecule has 6 nitrogen and oxygen atoms in total. The topological polar surface area (TPSA) is 50.2 Å². The molecular weight excluding hydrogens is 384 g/mol. The van der Waals surface area contributed by atoms with E-state index >= 15 is 0 Å². The first kappa shape index (κ1) is 18.8. The van der Waals surface area contributed by atoms with E-state index in [2.05, 4.69) is 46.0 Å².